The molecule has 60 valence electrons. The summed E-state index contributed by atoms with van der Waals surface area (Å²) in [6, 6.07) is 9.54. The number of aliphatic hydroxyl groups is 1. The maximum Gasteiger partial charge on any atom is 0.0980 e. The maximum atomic E-state index is 8.61. The van der Waals surface area contributed by atoms with Gasteiger partial charge in [-0.3, -0.25) is 0 Å². The van der Waals surface area contributed by atoms with E-state index >= 15 is 0 Å². The van der Waals surface area contributed by atoms with E-state index in [9.17, 15) is 0 Å². The largest absolute Gasteiger partial charge is 0.393 e. The highest BCUT2D eigenvalue weighted by Gasteiger charge is 1.96. The number of rotatable bonds is 3. The SMILES string of the molecule is NC(CO)Nc1ccccc1. The molecule has 3 heteroatoms. The molecule has 0 aliphatic carbocycles. The number of nitrogens with one attached hydrogen (secondary N) is 1. The molecule has 0 fully saturated rings. The summed E-state index contributed by atoms with van der Waals surface area (Å²) in [6.07, 6.45) is -0.377. The van der Waals surface area contributed by atoms with Crippen molar-refractivity contribution >= 4 is 5.69 Å². The van der Waals surface area contributed by atoms with Gasteiger partial charge in [0, 0.05) is 5.69 Å². The Morgan fingerprint density at radius 3 is 2.55 bits per heavy atom. The van der Waals surface area contributed by atoms with E-state index in [4.69, 9.17) is 10.8 Å². The van der Waals surface area contributed by atoms with Gasteiger partial charge in [0.15, 0.2) is 0 Å². The number of anilines is 1. The molecule has 0 spiro atoms. The monoisotopic (exact) mass is 152 g/mol. The van der Waals surface area contributed by atoms with Crippen molar-refractivity contribution in [3.63, 3.8) is 0 Å². The summed E-state index contributed by atoms with van der Waals surface area (Å²) in [5, 5.41) is 11.5. The maximum absolute atomic E-state index is 8.61. The predicted molar refractivity (Wildman–Crippen MR) is 45.1 cm³/mol. The van der Waals surface area contributed by atoms with Gasteiger partial charge in [0.05, 0.1) is 12.8 Å². The number of aliphatic hydroxyl groups excluding tert-OH is 1. The minimum Gasteiger partial charge on any atom is -0.393 e. The molecule has 11 heavy (non-hydrogen) atoms. The molecule has 0 aliphatic heterocycles. The Hall–Kier alpha value is -1.06. The fourth-order valence-electron chi connectivity index (χ4n) is 0.794. The molecule has 0 aromatic heterocycles. The van der Waals surface area contributed by atoms with E-state index in [0.29, 0.717) is 0 Å². The van der Waals surface area contributed by atoms with Crippen LogP contribution in [0.15, 0.2) is 30.3 Å². The van der Waals surface area contributed by atoms with Crippen LogP contribution >= 0.6 is 0 Å². The lowest BCUT2D eigenvalue weighted by Gasteiger charge is -2.11. The minimum absolute atomic E-state index is 0.0606. The van der Waals surface area contributed by atoms with Crippen LogP contribution in [0.5, 0.6) is 0 Å². The molecular weight excluding hydrogens is 140 g/mol. The second kappa shape index (κ2) is 3.95. The zero-order valence-electron chi connectivity index (χ0n) is 6.20. The molecular formula is C8H12N2O. The number of benzene rings is 1. The van der Waals surface area contributed by atoms with Crippen LogP contribution in [0.2, 0.25) is 0 Å². The Morgan fingerprint density at radius 2 is 2.00 bits per heavy atom. The summed E-state index contributed by atoms with van der Waals surface area (Å²) < 4.78 is 0. The molecule has 0 bridgehead atoms. The van der Waals surface area contributed by atoms with Gasteiger partial charge in [-0.25, -0.2) is 0 Å². The Morgan fingerprint density at radius 1 is 1.36 bits per heavy atom. The van der Waals surface area contributed by atoms with Gasteiger partial charge in [-0.05, 0) is 12.1 Å². The normalized spacial score (nSPS) is 12.5. The molecule has 1 unspecified atom stereocenters. The van der Waals surface area contributed by atoms with Crippen molar-refractivity contribution in [1.29, 1.82) is 0 Å². The van der Waals surface area contributed by atoms with Crippen molar-refractivity contribution in [2.24, 2.45) is 5.73 Å². The van der Waals surface area contributed by atoms with Crippen LogP contribution in [0.1, 0.15) is 0 Å². The second-order valence-corrected chi connectivity index (χ2v) is 2.30. The molecule has 0 heterocycles. The van der Waals surface area contributed by atoms with Crippen molar-refractivity contribution < 1.29 is 5.11 Å². The average Bonchev–Trinajstić information content (AvgIpc) is 2.06. The van der Waals surface area contributed by atoms with Crippen LogP contribution < -0.4 is 11.1 Å². The third kappa shape index (κ3) is 2.57. The molecule has 0 saturated heterocycles. The Labute approximate surface area is 65.8 Å². The van der Waals surface area contributed by atoms with Crippen molar-refractivity contribution in [3.8, 4) is 0 Å². The Kier molecular flexibility index (Phi) is 2.89. The van der Waals surface area contributed by atoms with E-state index in [1.807, 2.05) is 30.3 Å². The van der Waals surface area contributed by atoms with Crippen molar-refractivity contribution in [2.75, 3.05) is 11.9 Å². The average molecular weight is 152 g/mol. The first-order valence-electron chi connectivity index (χ1n) is 3.51. The van der Waals surface area contributed by atoms with Crippen LogP contribution in [0.3, 0.4) is 0 Å². The third-order valence-corrected chi connectivity index (χ3v) is 1.32. The summed E-state index contributed by atoms with van der Waals surface area (Å²) in [4.78, 5) is 0. The van der Waals surface area contributed by atoms with Gasteiger partial charge in [-0.2, -0.15) is 0 Å². The molecule has 1 aromatic carbocycles. The summed E-state index contributed by atoms with van der Waals surface area (Å²) in [7, 11) is 0. The number of para-hydroxylation sites is 1. The standard InChI is InChI=1S/C8H12N2O/c9-8(6-11)10-7-4-2-1-3-5-7/h1-5,8,10-11H,6,9H2. The van der Waals surface area contributed by atoms with Crippen LogP contribution in [0.25, 0.3) is 0 Å². The Balaban J connectivity index is 2.51. The van der Waals surface area contributed by atoms with E-state index < -0.39 is 0 Å². The van der Waals surface area contributed by atoms with E-state index in [1.54, 1.807) is 0 Å². The van der Waals surface area contributed by atoms with Crippen molar-refractivity contribution in [1.82, 2.24) is 0 Å². The van der Waals surface area contributed by atoms with Gasteiger partial charge < -0.3 is 16.2 Å². The van der Waals surface area contributed by atoms with Gasteiger partial charge in [-0.15, -0.1) is 0 Å². The van der Waals surface area contributed by atoms with E-state index in [0.717, 1.165) is 5.69 Å². The molecule has 1 rings (SSSR count). The number of nitrogens with two attached hydrogens (primary N) is 1. The molecule has 0 saturated carbocycles. The predicted octanol–water partition coefficient (Wildman–Crippen LogP) is 0.376. The summed E-state index contributed by atoms with van der Waals surface area (Å²) in [5.74, 6) is 0. The van der Waals surface area contributed by atoms with E-state index in [1.165, 1.54) is 0 Å². The smallest absolute Gasteiger partial charge is 0.0980 e. The quantitative estimate of drug-likeness (QED) is 0.549. The lowest BCUT2D eigenvalue weighted by molar-refractivity contribution is 0.277. The van der Waals surface area contributed by atoms with Gasteiger partial charge in [-0.1, -0.05) is 18.2 Å². The summed E-state index contributed by atoms with van der Waals surface area (Å²) in [6.45, 7) is -0.0606. The van der Waals surface area contributed by atoms with Gasteiger partial charge in [0.1, 0.15) is 0 Å². The fourth-order valence-corrected chi connectivity index (χ4v) is 0.794. The Bertz CT molecular complexity index is 201. The molecule has 0 amide bonds. The summed E-state index contributed by atoms with van der Waals surface area (Å²) >= 11 is 0. The van der Waals surface area contributed by atoms with E-state index in [-0.39, 0.29) is 12.8 Å². The molecule has 0 radical (unpaired) electrons. The summed E-state index contributed by atoms with van der Waals surface area (Å²) in [5.41, 5.74) is 6.37. The third-order valence-electron chi connectivity index (χ3n) is 1.32. The topological polar surface area (TPSA) is 58.3 Å². The van der Waals surface area contributed by atoms with Gasteiger partial charge in [0.2, 0.25) is 0 Å². The van der Waals surface area contributed by atoms with Crippen LogP contribution in [0, 0.1) is 0 Å². The zero-order valence-corrected chi connectivity index (χ0v) is 6.20. The highest BCUT2D eigenvalue weighted by atomic mass is 16.3. The van der Waals surface area contributed by atoms with Crippen LogP contribution in [0.4, 0.5) is 5.69 Å². The second-order valence-electron chi connectivity index (χ2n) is 2.30. The fraction of sp³-hybridized carbons (Fsp3) is 0.250. The highest BCUT2D eigenvalue weighted by molar-refractivity contribution is 5.43. The van der Waals surface area contributed by atoms with E-state index in [2.05, 4.69) is 5.32 Å². The van der Waals surface area contributed by atoms with Crippen LogP contribution in [-0.4, -0.2) is 17.9 Å². The molecule has 1 atom stereocenters. The van der Waals surface area contributed by atoms with Crippen molar-refractivity contribution in [3.05, 3.63) is 30.3 Å². The van der Waals surface area contributed by atoms with Crippen LogP contribution in [-0.2, 0) is 0 Å². The number of hydrogen-bond acceptors (Lipinski definition) is 3. The first kappa shape index (κ1) is 8.04. The lowest BCUT2D eigenvalue weighted by Crippen LogP contribution is -2.33. The first-order chi connectivity index (χ1) is 5.33. The zero-order chi connectivity index (χ0) is 8.10. The molecule has 4 N–H and O–H groups in total. The molecule has 1 aromatic rings. The first-order valence-corrected chi connectivity index (χ1v) is 3.51. The molecule has 0 aliphatic rings. The highest BCUT2D eigenvalue weighted by Crippen LogP contribution is 2.04. The van der Waals surface area contributed by atoms with Gasteiger partial charge in [0.25, 0.3) is 0 Å². The minimum atomic E-state index is -0.377. The van der Waals surface area contributed by atoms with Crippen molar-refractivity contribution in [2.45, 2.75) is 6.17 Å². The molecule has 3 nitrogen and oxygen atoms in total. The van der Waals surface area contributed by atoms with Gasteiger partial charge >= 0.3 is 0 Å². The number of hydrogen-bond donors (Lipinski definition) is 3. The lowest BCUT2D eigenvalue weighted by atomic mass is 10.3.